The highest BCUT2D eigenvalue weighted by molar-refractivity contribution is 5.84. The van der Waals surface area contributed by atoms with Crippen LogP contribution in [-0.4, -0.2) is 54.5 Å². The van der Waals surface area contributed by atoms with Crippen molar-refractivity contribution in [3.05, 3.63) is 34.9 Å². The summed E-state index contributed by atoms with van der Waals surface area (Å²) < 4.78 is 44.5. The molecule has 1 aromatic carbocycles. The molecular weight excluding hydrogens is 445 g/mol. The number of alkyl halides is 3. The summed E-state index contributed by atoms with van der Waals surface area (Å²) in [7, 11) is 1.41. The van der Waals surface area contributed by atoms with E-state index in [4.69, 9.17) is 4.74 Å². The Labute approximate surface area is 199 Å². The van der Waals surface area contributed by atoms with E-state index in [1.54, 1.807) is 11.0 Å². The first-order chi connectivity index (χ1) is 16.0. The number of hydrogen-bond acceptors (Lipinski definition) is 4. The summed E-state index contributed by atoms with van der Waals surface area (Å²) in [5, 5.41) is 0. The van der Waals surface area contributed by atoms with Crippen LogP contribution in [-0.2, 0) is 33.5 Å². The van der Waals surface area contributed by atoms with E-state index < -0.39 is 17.2 Å². The topological polar surface area (TPSA) is 49.9 Å². The first-order valence-corrected chi connectivity index (χ1v) is 12.3. The molecule has 3 atom stereocenters. The largest absolute Gasteiger partial charge is 0.469 e. The molecule has 1 aliphatic carbocycles. The SMILES string of the molecule is COC(=O)CC1CCN(C2CCC(C(=O)N3CCc4ccc(C(F)(F)F)cc4C3)(C(C)C)C2)C1. The average molecular weight is 481 g/mol. The van der Waals surface area contributed by atoms with Crippen LogP contribution in [0.3, 0.4) is 0 Å². The van der Waals surface area contributed by atoms with Crippen LogP contribution in [0.2, 0.25) is 0 Å². The lowest BCUT2D eigenvalue weighted by Crippen LogP contribution is -2.48. The molecule has 2 fully saturated rings. The van der Waals surface area contributed by atoms with E-state index in [0.717, 1.165) is 50.4 Å². The first kappa shape index (κ1) is 25.0. The second kappa shape index (κ2) is 9.51. The third kappa shape index (κ3) is 4.83. The summed E-state index contributed by atoms with van der Waals surface area (Å²) >= 11 is 0. The molecule has 1 saturated carbocycles. The number of nitrogens with zero attached hydrogens (tertiary/aromatic N) is 2. The van der Waals surface area contributed by atoms with Gasteiger partial charge in [0.1, 0.15) is 0 Å². The fourth-order valence-electron chi connectivity index (χ4n) is 6.23. The lowest BCUT2D eigenvalue weighted by Gasteiger charge is -2.40. The number of esters is 1. The van der Waals surface area contributed by atoms with Crippen molar-refractivity contribution in [3.8, 4) is 0 Å². The van der Waals surface area contributed by atoms with Crippen LogP contribution in [0.25, 0.3) is 0 Å². The number of hydrogen-bond donors (Lipinski definition) is 0. The highest BCUT2D eigenvalue weighted by atomic mass is 19.4. The van der Waals surface area contributed by atoms with Crippen LogP contribution in [0.5, 0.6) is 0 Å². The van der Waals surface area contributed by atoms with Gasteiger partial charge in [-0.15, -0.1) is 0 Å². The molecule has 0 aromatic heterocycles. The number of likely N-dealkylation sites (tertiary alicyclic amines) is 1. The second-order valence-corrected chi connectivity index (χ2v) is 10.6. The van der Waals surface area contributed by atoms with Gasteiger partial charge in [0.15, 0.2) is 0 Å². The Hall–Kier alpha value is -2.09. The quantitative estimate of drug-likeness (QED) is 0.575. The zero-order valence-electron chi connectivity index (χ0n) is 20.3. The molecule has 0 N–H and O–H groups in total. The zero-order chi connectivity index (χ0) is 24.7. The minimum Gasteiger partial charge on any atom is -0.469 e. The first-order valence-electron chi connectivity index (χ1n) is 12.3. The van der Waals surface area contributed by atoms with Gasteiger partial charge in [-0.3, -0.25) is 9.59 Å². The highest BCUT2D eigenvalue weighted by Gasteiger charge is 2.51. The van der Waals surface area contributed by atoms with Gasteiger partial charge in [0, 0.05) is 32.1 Å². The van der Waals surface area contributed by atoms with Crippen molar-refractivity contribution < 1.29 is 27.5 Å². The maximum absolute atomic E-state index is 13.9. The molecule has 1 saturated heterocycles. The molecule has 4 rings (SSSR count). The number of benzene rings is 1. The van der Waals surface area contributed by atoms with Gasteiger partial charge < -0.3 is 14.5 Å². The van der Waals surface area contributed by atoms with E-state index in [0.29, 0.717) is 36.9 Å². The van der Waals surface area contributed by atoms with Gasteiger partial charge in [-0.05, 0) is 73.7 Å². The van der Waals surface area contributed by atoms with E-state index >= 15 is 0 Å². The van der Waals surface area contributed by atoms with Gasteiger partial charge in [0.05, 0.1) is 18.1 Å². The predicted octanol–water partition coefficient (Wildman–Crippen LogP) is 4.67. The van der Waals surface area contributed by atoms with Crippen LogP contribution in [0.15, 0.2) is 18.2 Å². The number of carbonyl (C=O) groups is 2. The molecule has 8 heteroatoms. The standard InChI is InChI=1S/C26H35F3N2O3/c1-17(2)25(9-6-22(14-25)30-10-7-18(15-30)12-23(32)34-3)24(33)31-11-8-19-4-5-21(26(27,28)29)13-20(19)16-31/h4-5,13,17-18,22H,6-12,14-16H2,1-3H3. The Bertz CT molecular complexity index is 932. The van der Waals surface area contributed by atoms with Crippen LogP contribution in [0.1, 0.15) is 62.6 Å². The molecule has 34 heavy (non-hydrogen) atoms. The lowest BCUT2D eigenvalue weighted by molar-refractivity contribution is -0.146. The van der Waals surface area contributed by atoms with Crippen LogP contribution < -0.4 is 0 Å². The van der Waals surface area contributed by atoms with Crippen LogP contribution in [0, 0.1) is 17.3 Å². The summed E-state index contributed by atoms with van der Waals surface area (Å²) in [6, 6.07) is 4.20. The van der Waals surface area contributed by atoms with E-state index in [-0.39, 0.29) is 24.3 Å². The number of halogens is 3. The van der Waals surface area contributed by atoms with Crippen molar-refractivity contribution in [2.75, 3.05) is 26.7 Å². The average Bonchev–Trinajstić information content (AvgIpc) is 3.45. The summed E-state index contributed by atoms with van der Waals surface area (Å²) in [4.78, 5) is 29.8. The lowest BCUT2D eigenvalue weighted by atomic mass is 9.73. The van der Waals surface area contributed by atoms with Gasteiger partial charge in [-0.25, -0.2) is 0 Å². The van der Waals surface area contributed by atoms with Crippen LogP contribution in [0.4, 0.5) is 13.2 Å². The number of amides is 1. The summed E-state index contributed by atoms with van der Waals surface area (Å²) in [6.45, 7) is 6.72. The van der Waals surface area contributed by atoms with Gasteiger partial charge >= 0.3 is 12.1 Å². The van der Waals surface area contributed by atoms with Crippen molar-refractivity contribution in [2.45, 2.75) is 71.1 Å². The summed E-state index contributed by atoms with van der Waals surface area (Å²) in [5.74, 6) is 0.336. The minimum atomic E-state index is -4.39. The van der Waals surface area contributed by atoms with Crippen molar-refractivity contribution in [3.63, 3.8) is 0 Å². The Morgan fingerprint density at radius 2 is 1.94 bits per heavy atom. The molecule has 2 heterocycles. The maximum Gasteiger partial charge on any atom is 0.416 e. The molecular formula is C26H35F3N2O3. The van der Waals surface area contributed by atoms with E-state index in [1.165, 1.54) is 13.2 Å². The Morgan fingerprint density at radius 1 is 1.18 bits per heavy atom. The fourth-order valence-corrected chi connectivity index (χ4v) is 6.23. The Morgan fingerprint density at radius 3 is 2.62 bits per heavy atom. The van der Waals surface area contributed by atoms with Crippen molar-refractivity contribution in [1.82, 2.24) is 9.80 Å². The third-order valence-corrected chi connectivity index (χ3v) is 8.40. The second-order valence-electron chi connectivity index (χ2n) is 10.6. The molecule has 0 bridgehead atoms. The molecule has 3 unspecified atom stereocenters. The predicted molar refractivity (Wildman–Crippen MR) is 122 cm³/mol. The molecule has 188 valence electrons. The normalized spacial score (nSPS) is 27.8. The monoisotopic (exact) mass is 480 g/mol. The summed E-state index contributed by atoms with van der Waals surface area (Å²) in [5.41, 5.74) is 0.349. The highest BCUT2D eigenvalue weighted by Crippen LogP contribution is 2.48. The van der Waals surface area contributed by atoms with Gasteiger partial charge in [-0.2, -0.15) is 13.2 Å². The molecule has 1 aromatic rings. The molecule has 2 aliphatic heterocycles. The third-order valence-electron chi connectivity index (χ3n) is 8.40. The van der Waals surface area contributed by atoms with Gasteiger partial charge in [0.2, 0.25) is 5.91 Å². The number of ether oxygens (including phenoxy) is 1. The van der Waals surface area contributed by atoms with Crippen molar-refractivity contribution >= 4 is 11.9 Å². The number of fused-ring (bicyclic) bond motifs is 1. The van der Waals surface area contributed by atoms with E-state index in [9.17, 15) is 22.8 Å². The van der Waals surface area contributed by atoms with E-state index in [1.807, 2.05) is 0 Å². The number of carbonyl (C=O) groups excluding carboxylic acids is 2. The number of rotatable bonds is 5. The van der Waals surface area contributed by atoms with Crippen molar-refractivity contribution in [2.24, 2.45) is 17.3 Å². The Balaban J connectivity index is 1.46. The minimum absolute atomic E-state index is 0.0818. The molecule has 0 radical (unpaired) electrons. The molecule has 3 aliphatic rings. The molecule has 1 amide bonds. The molecule has 5 nitrogen and oxygen atoms in total. The summed E-state index contributed by atoms with van der Waals surface area (Å²) in [6.07, 6.45) is 0.0642. The maximum atomic E-state index is 13.9. The van der Waals surface area contributed by atoms with Crippen LogP contribution >= 0.6 is 0 Å². The van der Waals surface area contributed by atoms with E-state index in [2.05, 4.69) is 18.7 Å². The zero-order valence-corrected chi connectivity index (χ0v) is 20.3. The fraction of sp³-hybridized carbons (Fsp3) is 0.692. The Kier molecular flexibility index (Phi) is 7.00. The van der Waals surface area contributed by atoms with Gasteiger partial charge in [-0.1, -0.05) is 19.9 Å². The van der Waals surface area contributed by atoms with Crippen molar-refractivity contribution in [1.29, 1.82) is 0 Å². The smallest absolute Gasteiger partial charge is 0.416 e. The molecule has 0 spiro atoms. The number of methoxy groups -OCH3 is 1. The van der Waals surface area contributed by atoms with Gasteiger partial charge in [0.25, 0.3) is 0 Å².